The minimum atomic E-state index is -4.25. The molecule has 0 heterocycles. The Labute approximate surface area is 106 Å². The summed E-state index contributed by atoms with van der Waals surface area (Å²) < 4.78 is 42.9. The van der Waals surface area contributed by atoms with Crippen LogP contribution in [0.1, 0.15) is 46.0 Å². The highest BCUT2D eigenvalue weighted by molar-refractivity contribution is 5.10. The van der Waals surface area contributed by atoms with Crippen molar-refractivity contribution in [1.29, 1.82) is 0 Å². The van der Waals surface area contributed by atoms with E-state index in [4.69, 9.17) is 4.74 Å². The average molecular weight is 265 g/mol. The van der Waals surface area contributed by atoms with Crippen molar-refractivity contribution in [3.05, 3.63) is 0 Å². The van der Waals surface area contributed by atoms with E-state index in [1.165, 1.54) is 0 Å². The number of halogens is 3. The first-order valence-electron chi connectivity index (χ1n) is 6.85. The van der Waals surface area contributed by atoms with Gasteiger partial charge in [0.25, 0.3) is 0 Å². The van der Waals surface area contributed by atoms with Gasteiger partial charge in [0.15, 0.2) is 6.10 Å². The fourth-order valence-electron chi connectivity index (χ4n) is 3.50. The first-order valence-corrected chi connectivity index (χ1v) is 6.85. The van der Waals surface area contributed by atoms with Crippen LogP contribution >= 0.6 is 0 Å². The minimum Gasteiger partial charge on any atom is -0.365 e. The Bertz CT molecular complexity index is 286. The number of nitrogens with one attached hydrogen (secondary N) is 1. The van der Waals surface area contributed by atoms with Crippen LogP contribution in [-0.4, -0.2) is 31.0 Å². The second kappa shape index (κ2) is 5.00. The Hall–Kier alpha value is -0.290. The van der Waals surface area contributed by atoms with Gasteiger partial charge < -0.3 is 10.1 Å². The molecule has 1 spiro atoms. The quantitative estimate of drug-likeness (QED) is 0.842. The van der Waals surface area contributed by atoms with Gasteiger partial charge in [-0.15, -0.1) is 0 Å². The fourth-order valence-corrected chi connectivity index (χ4v) is 3.50. The van der Waals surface area contributed by atoms with E-state index in [2.05, 4.69) is 5.32 Å². The Balaban J connectivity index is 1.98. The third kappa shape index (κ3) is 2.39. The van der Waals surface area contributed by atoms with E-state index >= 15 is 0 Å². The zero-order valence-corrected chi connectivity index (χ0v) is 11.0. The topological polar surface area (TPSA) is 21.3 Å². The number of alkyl halides is 3. The molecule has 0 saturated heterocycles. The molecule has 18 heavy (non-hydrogen) atoms. The van der Waals surface area contributed by atoms with Gasteiger partial charge >= 0.3 is 6.18 Å². The highest BCUT2D eigenvalue weighted by atomic mass is 19.4. The number of rotatable bonds is 4. The van der Waals surface area contributed by atoms with E-state index < -0.39 is 12.3 Å². The van der Waals surface area contributed by atoms with Gasteiger partial charge in [0.05, 0.1) is 6.10 Å². The molecule has 1 N–H and O–H groups in total. The number of ether oxygens (including phenoxy) is 1. The second-order valence-corrected chi connectivity index (χ2v) is 5.59. The molecule has 2 nitrogen and oxygen atoms in total. The van der Waals surface area contributed by atoms with Crippen LogP contribution in [0, 0.1) is 5.41 Å². The van der Waals surface area contributed by atoms with Crippen LogP contribution in [0.4, 0.5) is 13.2 Å². The van der Waals surface area contributed by atoms with Gasteiger partial charge in [-0.2, -0.15) is 13.2 Å². The molecular formula is C13H22F3NO. The average Bonchev–Trinajstić information content (AvgIpc) is 2.78. The molecule has 2 saturated carbocycles. The van der Waals surface area contributed by atoms with Crippen molar-refractivity contribution in [2.45, 2.75) is 70.4 Å². The van der Waals surface area contributed by atoms with Gasteiger partial charge in [0, 0.05) is 11.5 Å². The third-order valence-electron chi connectivity index (χ3n) is 4.60. The highest BCUT2D eigenvalue weighted by Gasteiger charge is 2.58. The SMILES string of the molecule is CCNC1CC(OC(C)C(F)(F)F)C12CCCC2. The number of hydrogen-bond donors (Lipinski definition) is 1. The predicted octanol–water partition coefficient (Wildman–Crippen LogP) is 3.26. The van der Waals surface area contributed by atoms with Crippen molar-refractivity contribution < 1.29 is 17.9 Å². The summed E-state index contributed by atoms with van der Waals surface area (Å²) in [5.41, 5.74) is -0.0322. The van der Waals surface area contributed by atoms with E-state index in [1.807, 2.05) is 6.92 Å². The van der Waals surface area contributed by atoms with E-state index in [-0.39, 0.29) is 11.5 Å². The van der Waals surface area contributed by atoms with Crippen LogP contribution in [0.2, 0.25) is 0 Å². The van der Waals surface area contributed by atoms with Crippen molar-refractivity contribution >= 4 is 0 Å². The molecule has 0 amide bonds. The lowest BCUT2D eigenvalue weighted by Crippen LogP contribution is -2.63. The van der Waals surface area contributed by atoms with E-state index in [0.717, 1.165) is 39.2 Å². The van der Waals surface area contributed by atoms with Gasteiger partial charge in [-0.05, 0) is 32.7 Å². The van der Waals surface area contributed by atoms with Gasteiger partial charge in [0.1, 0.15) is 0 Å². The van der Waals surface area contributed by atoms with Gasteiger partial charge in [-0.1, -0.05) is 19.8 Å². The summed E-state index contributed by atoms with van der Waals surface area (Å²) in [6, 6.07) is 0.343. The maximum atomic E-state index is 12.5. The predicted molar refractivity (Wildman–Crippen MR) is 63.4 cm³/mol. The van der Waals surface area contributed by atoms with Crippen LogP contribution < -0.4 is 5.32 Å². The van der Waals surface area contributed by atoms with Gasteiger partial charge in [-0.3, -0.25) is 0 Å². The summed E-state index contributed by atoms with van der Waals surface area (Å²) in [7, 11) is 0. The largest absolute Gasteiger partial charge is 0.414 e. The van der Waals surface area contributed by atoms with Crippen molar-refractivity contribution in [3.63, 3.8) is 0 Å². The van der Waals surface area contributed by atoms with Crippen molar-refractivity contribution in [2.75, 3.05) is 6.54 Å². The molecule has 2 fully saturated rings. The minimum absolute atomic E-state index is 0.0322. The lowest BCUT2D eigenvalue weighted by molar-refractivity contribution is -0.259. The Morgan fingerprint density at radius 2 is 1.94 bits per heavy atom. The molecule has 2 aliphatic rings. The normalized spacial score (nSPS) is 32.5. The lowest BCUT2D eigenvalue weighted by atomic mass is 9.60. The molecular weight excluding hydrogens is 243 g/mol. The monoisotopic (exact) mass is 265 g/mol. The van der Waals surface area contributed by atoms with Crippen molar-refractivity contribution in [1.82, 2.24) is 5.32 Å². The van der Waals surface area contributed by atoms with Crippen LogP contribution in [0.15, 0.2) is 0 Å². The highest BCUT2D eigenvalue weighted by Crippen LogP contribution is 2.55. The Kier molecular flexibility index (Phi) is 3.93. The Morgan fingerprint density at radius 1 is 1.33 bits per heavy atom. The van der Waals surface area contributed by atoms with Crippen molar-refractivity contribution in [2.24, 2.45) is 5.41 Å². The Morgan fingerprint density at radius 3 is 2.44 bits per heavy atom. The van der Waals surface area contributed by atoms with Crippen LogP contribution in [0.3, 0.4) is 0 Å². The molecule has 2 aliphatic carbocycles. The van der Waals surface area contributed by atoms with E-state index in [1.54, 1.807) is 0 Å². The molecule has 3 atom stereocenters. The third-order valence-corrected chi connectivity index (χ3v) is 4.60. The first kappa shape index (κ1) is 14.1. The summed E-state index contributed by atoms with van der Waals surface area (Å²) in [5.74, 6) is 0. The number of hydrogen-bond acceptors (Lipinski definition) is 2. The summed E-state index contributed by atoms with van der Waals surface area (Å²) >= 11 is 0. The molecule has 3 unspecified atom stereocenters. The molecule has 5 heteroatoms. The van der Waals surface area contributed by atoms with Gasteiger partial charge in [-0.25, -0.2) is 0 Å². The van der Waals surface area contributed by atoms with Crippen molar-refractivity contribution in [3.8, 4) is 0 Å². The second-order valence-electron chi connectivity index (χ2n) is 5.59. The maximum Gasteiger partial charge on any atom is 0.414 e. The van der Waals surface area contributed by atoms with E-state index in [9.17, 15) is 13.2 Å². The molecule has 0 aromatic heterocycles. The molecule has 106 valence electrons. The summed E-state index contributed by atoms with van der Waals surface area (Å²) in [6.45, 7) is 4.02. The van der Waals surface area contributed by atoms with Crippen LogP contribution in [0.5, 0.6) is 0 Å². The maximum absolute atomic E-state index is 12.5. The summed E-state index contributed by atoms with van der Waals surface area (Å²) in [4.78, 5) is 0. The smallest absolute Gasteiger partial charge is 0.365 e. The molecule has 2 rings (SSSR count). The zero-order chi connectivity index (χ0) is 13.4. The molecule has 0 radical (unpaired) electrons. The van der Waals surface area contributed by atoms with Crippen LogP contribution in [0.25, 0.3) is 0 Å². The fraction of sp³-hybridized carbons (Fsp3) is 1.00. The van der Waals surface area contributed by atoms with Gasteiger partial charge in [0.2, 0.25) is 0 Å². The van der Waals surface area contributed by atoms with E-state index in [0.29, 0.717) is 12.5 Å². The zero-order valence-electron chi connectivity index (χ0n) is 11.0. The molecule has 0 aliphatic heterocycles. The standard InChI is InChI=1S/C13H22F3NO/c1-3-17-10-8-11(12(10)6-4-5-7-12)18-9(2)13(14,15)16/h9-11,17H,3-8H2,1-2H3. The summed E-state index contributed by atoms with van der Waals surface area (Å²) in [5, 5.41) is 3.40. The first-order chi connectivity index (χ1) is 8.40. The molecule has 0 aromatic carbocycles. The van der Waals surface area contributed by atoms with Crippen LogP contribution in [-0.2, 0) is 4.74 Å². The lowest BCUT2D eigenvalue weighted by Gasteiger charge is -2.55. The summed E-state index contributed by atoms with van der Waals surface area (Å²) in [6.07, 6.45) is -1.18. The molecule has 0 aromatic rings. The molecule has 0 bridgehead atoms.